The van der Waals surface area contributed by atoms with Crippen LogP contribution in [0.3, 0.4) is 0 Å². The maximum Gasteiger partial charge on any atom is 0.241 e. The first-order valence-corrected chi connectivity index (χ1v) is 8.58. The lowest BCUT2D eigenvalue weighted by Crippen LogP contribution is -2.23. The van der Waals surface area contributed by atoms with Gasteiger partial charge in [0.1, 0.15) is 0 Å². The van der Waals surface area contributed by atoms with E-state index in [1.54, 1.807) is 19.1 Å². The van der Waals surface area contributed by atoms with E-state index in [9.17, 15) is 8.42 Å². The Balaban J connectivity index is 2.20. The van der Waals surface area contributed by atoms with Crippen molar-refractivity contribution in [2.45, 2.75) is 18.4 Å². The number of nitrogens with two attached hydrogens (primary N) is 1. The summed E-state index contributed by atoms with van der Waals surface area (Å²) in [5, 5.41) is 0. The van der Waals surface area contributed by atoms with Gasteiger partial charge in [-0.1, -0.05) is 6.07 Å². The van der Waals surface area contributed by atoms with Crippen LogP contribution in [0, 0.1) is 6.92 Å². The maximum absolute atomic E-state index is 12.2. The molecule has 0 aliphatic heterocycles. The molecule has 4 nitrogen and oxygen atoms in total. The summed E-state index contributed by atoms with van der Waals surface area (Å²) in [4.78, 5) is 1.17. The van der Waals surface area contributed by atoms with Crippen LogP contribution in [0.25, 0.3) is 0 Å². The first kappa shape index (κ1) is 14.5. The minimum atomic E-state index is -3.54. The molecule has 2 aromatic rings. The van der Waals surface area contributed by atoms with Crippen LogP contribution >= 0.6 is 27.3 Å². The van der Waals surface area contributed by atoms with Gasteiger partial charge in [-0.2, -0.15) is 0 Å². The topological polar surface area (TPSA) is 72.2 Å². The zero-order valence-electron chi connectivity index (χ0n) is 10.2. The van der Waals surface area contributed by atoms with Gasteiger partial charge >= 0.3 is 0 Å². The third-order valence-electron chi connectivity index (χ3n) is 2.57. The number of thiophene rings is 1. The number of anilines is 1. The highest BCUT2D eigenvalue weighted by Gasteiger charge is 2.17. The highest BCUT2D eigenvalue weighted by atomic mass is 79.9. The lowest BCUT2D eigenvalue weighted by atomic mass is 10.2. The Labute approximate surface area is 124 Å². The van der Waals surface area contributed by atoms with Crippen LogP contribution in [-0.2, 0) is 16.6 Å². The first-order valence-electron chi connectivity index (χ1n) is 5.48. The fourth-order valence-corrected chi connectivity index (χ4v) is 4.40. The van der Waals surface area contributed by atoms with E-state index in [0.717, 1.165) is 8.66 Å². The summed E-state index contributed by atoms with van der Waals surface area (Å²) in [7, 11) is -3.54. The van der Waals surface area contributed by atoms with Gasteiger partial charge in [-0.25, -0.2) is 13.1 Å². The van der Waals surface area contributed by atoms with Crippen molar-refractivity contribution in [3.8, 4) is 0 Å². The quantitative estimate of drug-likeness (QED) is 0.823. The second-order valence-electron chi connectivity index (χ2n) is 4.06. The monoisotopic (exact) mass is 360 g/mol. The Bertz CT molecular complexity index is 696. The molecule has 19 heavy (non-hydrogen) atoms. The van der Waals surface area contributed by atoms with E-state index in [4.69, 9.17) is 5.73 Å². The lowest BCUT2D eigenvalue weighted by molar-refractivity contribution is 0.581. The predicted octanol–water partition coefficient (Wildman–Crippen LogP) is 2.88. The van der Waals surface area contributed by atoms with Gasteiger partial charge in [-0.15, -0.1) is 11.3 Å². The molecule has 0 atom stereocenters. The highest BCUT2D eigenvalue weighted by Crippen LogP contribution is 2.23. The van der Waals surface area contributed by atoms with Crippen molar-refractivity contribution < 1.29 is 8.42 Å². The number of benzene rings is 1. The van der Waals surface area contributed by atoms with Crippen molar-refractivity contribution >= 4 is 43.0 Å². The van der Waals surface area contributed by atoms with Crippen LogP contribution in [0.2, 0.25) is 0 Å². The number of aryl methyl sites for hydroxylation is 1. The minimum absolute atomic E-state index is 0.225. The molecule has 0 spiro atoms. The molecule has 0 bridgehead atoms. The third-order valence-corrected chi connectivity index (χ3v) is 5.73. The number of rotatable bonds is 4. The Morgan fingerprint density at radius 3 is 2.68 bits per heavy atom. The van der Waals surface area contributed by atoms with Crippen molar-refractivity contribution in [2.75, 3.05) is 5.73 Å². The average Bonchev–Trinajstić information content (AvgIpc) is 2.76. The molecule has 0 unspecified atom stereocenters. The molecule has 0 radical (unpaired) electrons. The summed E-state index contributed by atoms with van der Waals surface area (Å²) in [6.07, 6.45) is 0. The van der Waals surface area contributed by atoms with Crippen molar-refractivity contribution in [1.29, 1.82) is 0 Å². The van der Waals surface area contributed by atoms with Gasteiger partial charge < -0.3 is 5.73 Å². The van der Waals surface area contributed by atoms with E-state index in [1.165, 1.54) is 17.4 Å². The molecule has 3 N–H and O–H groups in total. The van der Waals surface area contributed by atoms with Gasteiger partial charge in [0.25, 0.3) is 0 Å². The first-order chi connectivity index (χ1) is 8.88. The van der Waals surface area contributed by atoms with Crippen LogP contribution < -0.4 is 10.5 Å². The standard InChI is InChI=1S/C12H13BrN2O2S2/c1-8-2-3-9(14)6-11(8)19(16,17)15-7-10-4-5-12(13)18-10/h2-6,15H,7,14H2,1H3. The van der Waals surface area contributed by atoms with Gasteiger partial charge in [0, 0.05) is 17.1 Å². The number of sulfonamides is 1. The summed E-state index contributed by atoms with van der Waals surface area (Å²) >= 11 is 4.84. The highest BCUT2D eigenvalue weighted by molar-refractivity contribution is 9.11. The van der Waals surface area contributed by atoms with E-state index < -0.39 is 10.0 Å². The molecule has 0 saturated heterocycles. The van der Waals surface area contributed by atoms with Gasteiger partial charge in [0.15, 0.2) is 0 Å². The summed E-state index contributed by atoms with van der Waals surface area (Å²) in [5.41, 5.74) is 6.75. The second kappa shape index (κ2) is 5.62. The van der Waals surface area contributed by atoms with Crippen molar-refractivity contribution in [2.24, 2.45) is 0 Å². The van der Waals surface area contributed by atoms with E-state index in [1.807, 2.05) is 12.1 Å². The third kappa shape index (κ3) is 3.56. The molecule has 1 heterocycles. The summed E-state index contributed by atoms with van der Waals surface area (Å²) in [6.45, 7) is 2.02. The van der Waals surface area contributed by atoms with Crippen molar-refractivity contribution in [1.82, 2.24) is 4.72 Å². The van der Waals surface area contributed by atoms with Gasteiger partial charge in [-0.05, 0) is 52.7 Å². The lowest BCUT2D eigenvalue weighted by Gasteiger charge is -2.09. The number of nitrogen functional groups attached to an aromatic ring is 1. The Morgan fingerprint density at radius 1 is 1.32 bits per heavy atom. The van der Waals surface area contributed by atoms with Crippen molar-refractivity contribution in [3.63, 3.8) is 0 Å². The SMILES string of the molecule is Cc1ccc(N)cc1S(=O)(=O)NCc1ccc(Br)s1. The molecular weight excluding hydrogens is 348 g/mol. The van der Waals surface area contributed by atoms with Crippen molar-refractivity contribution in [3.05, 3.63) is 44.6 Å². The van der Waals surface area contributed by atoms with Crippen LogP contribution in [0.5, 0.6) is 0 Å². The number of nitrogens with one attached hydrogen (secondary N) is 1. The molecule has 102 valence electrons. The second-order valence-corrected chi connectivity index (χ2v) is 8.34. The molecule has 0 saturated carbocycles. The predicted molar refractivity (Wildman–Crippen MR) is 81.6 cm³/mol. The zero-order chi connectivity index (χ0) is 14.0. The molecule has 0 fully saturated rings. The summed E-state index contributed by atoms with van der Waals surface area (Å²) in [5.74, 6) is 0. The molecule has 1 aromatic heterocycles. The van der Waals surface area contributed by atoms with Gasteiger partial charge in [0.2, 0.25) is 10.0 Å². The van der Waals surface area contributed by atoms with Crippen LogP contribution in [0.4, 0.5) is 5.69 Å². The molecular formula is C12H13BrN2O2S2. The maximum atomic E-state index is 12.2. The Hall–Kier alpha value is -0.890. The zero-order valence-corrected chi connectivity index (χ0v) is 13.4. The van der Waals surface area contributed by atoms with E-state index >= 15 is 0 Å². The molecule has 7 heteroatoms. The largest absolute Gasteiger partial charge is 0.399 e. The fraction of sp³-hybridized carbons (Fsp3) is 0.167. The van der Waals surface area contributed by atoms with Crippen LogP contribution in [0.15, 0.2) is 39.0 Å². The summed E-state index contributed by atoms with van der Waals surface area (Å²) in [6, 6.07) is 8.63. The summed E-state index contributed by atoms with van der Waals surface area (Å²) < 4.78 is 28.0. The molecule has 0 amide bonds. The van der Waals surface area contributed by atoms with E-state index in [2.05, 4.69) is 20.7 Å². The number of hydrogen-bond acceptors (Lipinski definition) is 4. The molecule has 1 aromatic carbocycles. The van der Waals surface area contributed by atoms with Crippen LogP contribution in [-0.4, -0.2) is 8.42 Å². The Kier molecular flexibility index (Phi) is 4.29. The normalized spacial score (nSPS) is 11.7. The fourth-order valence-electron chi connectivity index (χ4n) is 1.60. The smallest absolute Gasteiger partial charge is 0.241 e. The van der Waals surface area contributed by atoms with Gasteiger partial charge in [0.05, 0.1) is 8.68 Å². The molecule has 0 aliphatic rings. The van der Waals surface area contributed by atoms with Gasteiger partial charge in [-0.3, -0.25) is 0 Å². The number of halogens is 1. The van der Waals surface area contributed by atoms with Crippen LogP contribution in [0.1, 0.15) is 10.4 Å². The average molecular weight is 361 g/mol. The van der Waals surface area contributed by atoms with E-state index in [-0.39, 0.29) is 11.4 Å². The molecule has 2 rings (SSSR count). The Morgan fingerprint density at radius 2 is 2.05 bits per heavy atom. The van der Waals surface area contributed by atoms with E-state index in [0.29, 0.717) is 11.3 Å². The molecule has 0 aliphatic carbocycles. The minimum Gasteiger partial charge on any atom is -0.399 e. The number of hydrogen-bond donors (Lipinski definition) is 2.